The Morgan fingerprint density at radius 3 is 1.79 bits per heavy atom. The summed E-state index contributed by atoms with van der Waals surface area (Å²) in [7, 11) is 0. The second-order valence-corrected chi connectivity index (χ2v) is 4.75. The van der Waals surface area contributed by atoms with Gasteiger partial charge in [0.15, 0.2) is 0 Å². The molecule has 0 bridgehead atoms. The molecule has 0 aliphatic heterocycles. The van der Waals surface area contributed by atoms with E-state index >= 15 is 0 Å². The van der Waals surface area contributed by atoms with Crippen molar-refractivity contribution in [2.24, 2.45) is 5.73 Å². The summed E-state index contributed by atoms with van der Waals surface area (Å²) in [6.07, 6.45) is -0.0362. The zero-order chi connectivity index (χ0) is 13.7. The molecule has 0 radical (unpaired) electrons. The van der Waals surface area contributed by atoms with Gasteiger partial charge < -0.3 is 10.5 Å². The van der Waals surface area contributed by atoms with E-state index < -0.39 is 0 Å². The van der Waals surface area contributed by atoms with Crippen molar-refractivity contribution in [3.63, 3.8) is 0 Å². The van der Waals surface area contributed by atoms with Crippen LogP contribution in [0, 0.1) is 13.8 Å². The van der Waals surface area contributed by atoms with E-state index in [0.717, 1.165) is 0 Å². The Balaban J connectivity index is 2.42. The fourth-order valence-corrected chi connectivity index (χ4v) is 2.29. The Bertz CT molecular complexity index is 491. The summed E-state index contributed by atoms with van der Waals surface area (Å²) >= 11 is 0. The van der Waals surface area contributed by atoms with Gasteiger partial charge in [-0.3, -0.25) is 0 Å². The van der Waals surface area contributed by atoms with Crippen LogP contribution in [0.15, 0.2) is 48.5 Å². The molecule has 0 heterocycles. The van der Waals surface area contributed by atoms with Crippen molar-refractivity contribution in [2.45, 2.75) is 20.0 Å². The van der Waals surface area contributed by atoms with E-state index in [0.29, 0.717) is 13.2 Å². The lowest BCUT2D eigenvalue weighted by atomic mass is 9.94. The number of nitrogens with two attached hydrogens (primary N) is 1. The molecule has 2 aromatic carbocycles. The summed E-state index contributed by atoms with van der Waals surface area (Å²) in [6.45, 7) is 5.33. The second kappa shape index (κ2) is 6.50. The first-order valence-corrected chi connectivity index (χ1v) is 6.66. The van der Waals surface area contributed by atoms with Crippen LogP contribution in [0.3, 0.4) is 0 Å². The molecule has 0 aliphatic rings. The SMILES string of the molecule is Cc1ccccc1C(OCCN)c1ccccc1C. The molecule has 2 heteroatoms. The lowest BCUT2D eigenvalue weighted by Crippen LogP contribution is -2.15. The molecule has 19 heavy (non-hydrogen) atoms. The molecule has 0 aliphatic carbocycles. The number of aryl methyl sites for hydroxylation is 2. The summed E-state index contributed by atoms with van der Waals surface area (Å²) in [5, 5.41) is 0. The molecule has 0 atom stereocenters. The minimum atomic E-state index is -0.0362. The van der Waals surface area contributed by atoms with Crippen LogP contribution < -0.4 is 5.73 Å². The zero-order valence-corrected chi connectivity index (χ0v) is 11.6. The highest BCUT2D eigenvalue weighted by Crippen LogP contribution is 2.30. The van der Waals surface area contributed by atoms with Crippen molar-refractivity contribution in [3.8, 4) is 0 Å². The number of hydrogen-bond acceptors (Lipinski definition) is 2. The van der Waals surface area contributed by atoms with Gasteiger partial charge in [0, 0.05) is 6.54 Å². The first kappa shape index (κ1) is 13.8. The third-order valence-electron chi connectivity index (χ3n) is 3.34. The number of ether oxygens (including phenoxy) is 1. The fourth-order valence-electron chi connectivity index (χ4n) is 2.29. The smallest absolute Gasteiger partial charge is 0.108 e. The standard InChI is InChI=1S/C17H21NO/c1-13-7-3-5-9-15(13)17(19-12-11-18)16-10-6-4-8-14(16)2/h3-10,17H,11-12,18H2,1-2H3. The maximum Gasteiger partial charge on any atom is 0.108 e. The van der Waals surface area contributed by atoms with Gasteiger partial charge in [-0.05, 0) is 36.1 Å². The minimum Gasteiger partial charge on any atom is -0.367 e. The number of rotatable bonds is 5. The zero-order valence-electron chi connectivity index (χ0n) is 11.6. The van der Waals surface area contributed by atoms with Crippen LogP contribution in [0.1, 0.15) is 28.4 Å². The van der Waals surface area contributed by atoms with Crippen LogP contribution in [0.5, 0.6) is 0 Å². The molecule has 0 saturated carbocycles. The first-order chi connectivity index (χ1) is 9.24. The number of benzene rings is 2. The van der Waals surface area contributed by atoms with Crippen LogP contribution in [0.4, 0.5) is 0 Å². The molecule has 0 amide bonds. The predicted octanol–water partition coefficient (Wildman–Crippen LogP) is 3.37. The van der Waals surface area contributed by atoms with E-state index in [-0.39, 0.29) is 6.10 Å². The topological polar surface area (TPSA) is 35.2 Å². The van der Waals surface area contributed by atoms with Crippen LogP contribution in [-0.2, 0) is 4.74 Å². The largest absolute Gasteiger partial charge is 0.367 e. The van der Waals surface area contributed by atoms with Crippen LogP contribution in [0.2, 0.25) is 0 Å². The van der Waals surface area contributed by atoms with E-state index in [1.54, 1.807) is 0 Å². The maximum atomic E-state index is 6.00. The van der Waals surface area contributed by atoms with Crippen molar-refractivity contribution in [3.05, 3.63) is 70.8 Å². The average Bonchev–Trinajstić information content (AvgIpc) is 2.42. The summed E-state index contributed by atoms with van der Waals surface area (Å²) < 4.78 is 6.00. The van der Waals surface area contributed by atoms with Crippen molar-refractivity contribution in [2.75, 3.05) is 13.2 Å². The van der Waals surface area contributed by atoms with Gasteiger partial charge in [-0.2, -0.15) is 0 Å². The van der Waals surface area contributed by atoms with Gasteiger partial charge >= 0.3 is 0 Å². The van der Waals surface area contributed by atoms with Gasteiger partial charge in [-0.25, -0.2) is 0 Å². The molecule has 0 aromatic heterocycles. The molecule has 2 aromatic rings. The highest BCUT2D eigenvalue weighted by atomic mass is 16.5. The van der Waals surface area contributed by atoms with Crippen molar-refractivity contribution in [1.29, 1.82) is 0 Å². The Kier molecular flexibility index (Phi) is 4.72. The van der Waals surface area contributed by atoms with Crippen molar-refractivity contribution >= 4 is 0 Å². The van der Waals surface area contributed by atoms with E-state index in [1.807, 2.05) is 0 Å². The molecule has 0 unspecified atom stereocenters. The molecule has 2 N–H and O–H groups in total. The molecular formula is C17H21NO. The van der Waals surface area contributed by atoms with Crippen LogP contribution in [0.25, 0.3) is 0 Å². The van der Waals surface area contributed by atoms with E-state index in [1.165, 1.54) is 22.3 Å². The Morgan fingerprint density at radius 2 is 1.37 bits per heavy atom. The van der Waals surface area contributed by atoms with Crippen molar-refractivity contribution < 1.29 is 4.74 Å². The highest BCUT2D eigenvalue weighted by Gasteiger charge is 2.17. The van der Waals surface area contributed by atoms with E-state index in [4.69, 9.17) is 10.5 Å². The van der Waals surface area contributed by atoms with Gasteiger partial charge in [-0.15, -0.1) is 0 Å². The Hall–Kier alpha value is -1.64. The van der Waals surface area contributed by atoms with Gasteiger partial charge in [0.1, 0.15) is 6.10 Å². The van der Waals surface area contributed by atoms with Crippen LogP contribution in [-0.4, -0.2) is 13.2 Å². The third-order valence-corrected chi connectivity index (χ3v) is 3.34. The number of hydrogen-bond donors (Lipinski definition) is 1. The molecule has 0 saturated heterocycles. The molecular weight excluding hydrogens is 234 g/mol. The Labute approximate surface area is 115 Å². The van der Waals surface area contributed by atoms with E-state index in [9.17, 15) is 0 Å². The fraction of sp³-hybridized carbons (Fsp3) is 0.294. The average molecular weight is 255 g/mol. The Morgan fingerprint density at radius 1 is 0.895 bits per heavy atom. The first-order valence-electron chi connectivity index (χ1n) is 6.66. The highest BCUT2D eigenvalue weighted by molar-refractivity contribution is 5.38. The summed E-state index contributed by atoms with van der Waals surface area (Å²) in [5.41, 5.74) is 10.5. The monoisotopic (exact) mass is 255 g/mol. The minimum absolute atomic E-state index is 0.0362. The molecule has 2 nitrogen and oxygen atoms in total. The lowest BCUT2D eigenvalue weighted by molar-refractivity contribution is 0.0856. The molecule has 0 fully saturated rings. The third kappa shape index (κ3) is 3.22. The van der Waals surface area contributed by atoms with Gasteiger partial charge in [0.25, 0.3) is 0 Å². The predicted molar refractivity (Wildman–Crippen MR) is 79.2 cm³/mol. The summed E-state index contributed by atoms with van der Waals surface area (Å²) in [6, 6.07) is 16.7. The van der Waals surface area contributed by atoms with Gasteiger partial charge in [0.05, 0.1) is 6.61 Å². The quantitative estimate of drug-likeness (QED) is 0.889. The van der Waals surface area contributed by atoms with Crippen molar-refractivity contribution in [1.82, 2.24) is 0 Å². The van der Waals surface area contributed by atoms with Crippen LogP contribution >= 0.6 is 0 Å². The molecule has 100 valence electrons. The summed E-state index contributed by atoms with van der Waals surface area (Å²) in [5.74, 6) is 0. The molecule has 0 spiro atoms. The second-order valence-electron chi connectivity index (χ2n) is 4.75. The van der Waals surface area contributed by atoms with Gasteiger partial charge in [-0.1, -0.05) is 48.5 Å². The van der Waals surface area contributed by atoms with Gasteiger partial charge in [0.2, 0.25) is 0 Å². The molecule has 2 rings (SSSR count). The normalized spacial score (nSPS) is 10.9. The van der Waals surface area contributed by atoms with E-state index in [2.05, 4.69) is 62.4 Å². The summed E-state index contributed by atoms with van der Waals surface area (Å²) in [4.78, 5) is 0. The lowest BCUT2D eigenvalue weighted by Gasteiger charge is -2.22. The maximum absolute atomic E-state index is 6.00.